The molecule has 26 heavy (non-hydrogen) atoms. The standard InChI is InChI=1S/C20H26N4O2/c1-3-4-8-19(25)22-16-9-11-17(12-10-16)23-20(26)15-24(2)14-18-7-5-6-13-21-18/h5-7,9-13H,3-4,8,14-15H2,1-2H3,(H,22,25)(H,23,26). The van der Waals surface area contributed by atoms with Crippen LogP contribution in [0.3, 0.4) is 0 Å². The fourth-order valence-electron chi connectivity index (χ4n) is 2.47. The molecule has 0 aliphatic heterocycles. The van der Waals surface area contributed by atoms with Gasteiger partial charge in [0.2, 0.25) is 11.8 Å². The van der Waals surface area contributed by atoms with Crippen LogP contribution in [0.15, 0.2) is 48.7 Å². The lowest BCUT2D eigenvalue weighted by Crippen LogP contribution is -2.30. The molecule has 2 aromatic rings. The monoisotopic (exact) mass is 354 g/mol. The molecule has 6 heteroatoms. The van der Waals surface area contributed by atoms with Gasteiger partial charge in [-0.3, -0.25) is 19.5 Å². The van der Waals surface area contributed by atoms with Crippen molar-refractivity contribution in [3.05, 3.63) is 54.4 Å². The van der Waals surface area contributed by atoms with Crippen LogP contribution in [0, 0.1) is 0 Å². The van der Waals surface area contributed by atoms with Crippen molar-refractivity contribution >= 4 is 23.2 Å². The third-order valence-corrected chi connectivity index (χ3v) is 3.78. The van der Waals surface area contributed by atoms with Gasteiger partial charge in [-0.25, -0.2) is 0 Å². The summed E-state index contributed by atoms with van der Waals surface area (Å²) in [4.78, 5) is 30.0. The largest absolute Gasteiger partial charge is 0.326 e. The summed E-state index contributed by atoms with van der Waals surface area (Å²) < 4.78 is 0. The molecule has 0 spiro atoms. The van der Waals surface area contributed by atoms with Gasteiger partial charge >= 0.3 is 0 Å². The number of pyridine rings is 1. The molecule has 0 saturated heterocycles. The van der Waals surface area contributed by atoms with Crippen molar-refractivity contribution in [3.63, 3.8) is 0 Å². The fraction of sp³-hybridized carbons (Fsp3) is 0.350. The smallest absolute Gasteiger partial charge is 0.238 e. The van der Waals surface area contributed by atoms with Gasteiger partial charge in [0.1, 0.15) is 0 Å². The molecule has 1 aromatic carbocycles. The molecule has 0 saturated carbocycles. The molecule has 0 aliphatic rings. The molecule has 0 radical (unpaired) electrons. The summed E-state index contributed by atoms with van der Waals surface area (Å²) >= 11 is 0. The van der Waals surface area contributed by atoms with E-state index in [1.54, 1.807) is 30.5 Å². The summed E-state index contributed by atoms with van der Waals surface area (Å²) in [5, 5.41) is 5.71. The van der Waals surface area contributed by atoms with Gasteiger partial charge in [0.05, 0.1) is 12.2 Å². The Morgan fingerprint density at radius 2 is 1.65 bits per heavy atom. The molecule has 0 unspecified atom stereocenters. The van der Waals surface area contributed by atoms with E-state index in [0.29, 0.717) is 18.7 Å². The lowest BCUT2D eigenvalue weighted by molar-refractivity contribution is -0.117. The van der Waals surface area contributed by atoms with Gasteiger partial charge in [0.15, 0.2) is 0 Å². The molecule has 6 nitrogen and oxygen atoms in total. The minimum absolute atomic E-state index is 0.0137. The van der Waals surface area contributed by atoms with Crippen molar-refractivity contribution in [3.8, 4) is 0 Å². The zero-order valence-corrected chi connectivity index (χ0v) is 15.4. The van der Waals surface area contributed by atoms with E-state index in [4.69, 9.17) is 0 Å². The Morgan fingerprint density at radius 1 is 1.00 bits per heavy atom. The highest BCUT2D eigenvalue weighted by molar-refractivity contribution is 5.93. The van der Waals surface area contributed by atoms with E-state index < -0.39 is 0 Å². The van der Waals surface area contributed by atoms with Crippen LogP contribution in [0.1, 0.15) is 31.9 Å². The summed E-state index contributed by atoms with van der Waals surface area (Å²) in [6, 6.07) is 12.9. The average Bonchev–Trinajstić information content (AvgIpc) is 2.62. The third kappa shape index (κ3) is 7.03. The minimum Gasteiger partial charge on any atom is -0.326 e. The van der Waals surface area contributed by atoms with Crippen molar-refractivity contribution < 1.29 is 9.59 Å². The second kappa shape index (κ2) is 10.3. The maximum absolute atomic E-state index is 12.2. The number of unbranched alkanes of at least 4 members (excludes halogenated alkanes) is 1. The highest BCUT2D eigenvalue weighted by Crippen LogP contribution is 2.14. The molecule has 0 bridgehead atoms. The first-order chi connectivity index (χ1) is 12.6. The van der Waals surface area contributed by atoms with Crippen LogP contribution in [-0.4, -0.2) is 35.3 Å². The molecule has 2 N–H and O–H groups in total. The molecule has 0 fully saturated rings. The first-order valence-corrected chi connectivity index (χ1v) is 8.85. The summed E-state index contributed by atoms with van der Waals surface area (Å²) in [7, 11) is 1.88. The van der Waals surface area contributed by atoms with Crippen LogP contribution < -0.4 is 10.6 Å². The second-order valence-electron chi connectivity index (χ2n) is 6.27. The van der Waals surface area contributed by atoms with E-state index in [9.17, 15) is 9.59 Å². The number of hydrogen-bond acceptors (Lipinski definition) is 4. The number of rotatable bonds is 9. The normalized spacial score (nSPS) is 10.6. The molecule has 0 atom stereocenters. The van der Waals surface area contributed by atoms with Gasteiger partial charge in [-0.2, -0.15) is 0 Å². The number of hydrogen-bond donors (Lipinski definition) is 2. The zero-order chi connectivity index (χ0) is 18.8. The van der Waals surface area contributed by atoms with Gasteiger partial charge in [-0.15, -0.1) is 0 Å². The number of benzene rings is 1. The van der Waals surface area contributed by atoms with Crippen molar-refractivity contribution in [2.45, 2.75) is 32.7 Å². The first-order valence-electron chi connectivity index (χ1n) is 8.85. The number of anilines is 2. The van der Waals surface area contributed by atoms with Crippen LogP contribution in [0.25, 0.3) is 0 Å². The van der Waals surface area contributed by atoms with E-state index >= 15 is 0 Å². The van der Waals surface area contributed by atoms with Crippen LogP contribution in [0.4, 0.5) is 11.4 Å². The van der Waals surface area contributed by atoms with E-state index in [2.05, 4.69) is 22.5 Å². The quantitative estimate of drug-likeness (QED) is 0.725. The van der Waals surface area contributed by atoms with E-state index in [-0.39, 0.29) is 18.4 Å². The Labute approximate surface area is 154 Å². The maximum Gasteiger partial charge on any atom is 0.238 e. The Morgan fingerprint density at radius 3 is 2.23 bits per heavy atom. The number of likely N-dealkylation sites (N-methyl/N-ethyl adjacent to an activating group) is 1. The zero-order valence-electron chi connectivity index (χ0n) is 15.4. The Kier molecular flexibility index (Phi) is 7.76. The van der Waals surface area contributed by atoms with Crippen LogP contribution >= 0.6 is 0 Å². The Hall–Kier alpha value is -2.73. The highest BCUT2D eigenvalue weighted by atomic mass is 16.2. The second-order valence-corrected chi connectivity index (χ2v) is 6.27. The van der Waals surface area contributed by atoms with Gasteiger partial charge in [0.25, 0.3) is 0 Å². The van der Waals surface area contributed by atoms with Crippen LogP contribution in [0.5, 0.6) is 0 Å². The van der Waals surface area contributed by atoms with Crippen molar-refractivity contribution in [1.29, 1.82) is 0 Å². The summed E-state index contributed by atoms with van der Waals surface area (Å²) in [5.41, 5.74) is 2.36. The highest BCUT2D eigenvalue weighted by Gasteiger charge is 2.08. The predicted molar refractivity (Wildman–Crippen MR) is 104 cm³/mol. The predicted octanol–water partition coefficient (Wildman–Crippen LogP) is 3.28. The number of aromatic nitrogens is 1. The maximum atomic E-state index is 12.2. The number of nitrogens with one attached hydrogen (secondary N) is 2. The molecule has 1 heterocycles. The van der Waals surface area contributed by atoms with Crippen molar-refractivity contribution in [2.75, 3.05) is 24.2 Å². The van der Waals surface area contributed by atoms with Gasteiger partial charge in [-0.05, 0) is 49.9 Å². The number of nitrogens with zero attached hydrogens (tertiary/aromatic N) is 2. The molecular weight excluding hydrogens is 328 g/mol. The molecule has 0 aliphatic carbocycles. The first kappa shape index (κ1) is 19.6. The van der Waals surface area contributed by atoms with E-state index in [1.165, 1.54) is 0 Å². The fourth-order valence-corrected chi connectivity index (χ4v) is 2.47. The Balaban J connectivity index is 1.78. The minimum atomic E-state index is -0.0943. The third-order valence-electron chi connectivity index (χ3n) is 3.78. The lowest BCUT2D eigenvalue weighted by Gasteiger charge is -2.16. The summed E-state index contributed by atoms with van der Waals surface area (Å²) in [6.45, 7) is 2.93. The van der Waals surface area contributed by atoms with Crippen LogP contribution in [-0.2, 0) is 16.1 Å². The topological polar surface area (TPSA) is 74.3 Å². The number of carbonyl (C=O) groups is 2. The molecule has 2 rings (SSSR count). The molecule has 1 aromatic heterocycles. The van der Waals surface area contributed by atoms with Crippen LogP contribution in [0.2, 0.25) is 0 Å². The number of amides is 2. The molecular formula is C20H26N4O2. The molecule has 2 amide bonds. The summed E-state index contributed by atoms with van der Waals surface area (Å²) in [5.74, 6) is -0.0806. The van der Waals surface area contributed by atoms with Gasteiger partial charge in [0, 0.05) is 30.5 Å². The van der Waals surface area contributed by atoms with Crippen molar-refractivity contribution in [2.24, 2.45) is 0 Å². The van der Waals surface area contributed by atoms with Gasteiger partial charge in [-0.1, -0.05) is 19.4 Å². The number of carbonyl (C=O) groups excluding carboxylic acids is 2. The van der Waals surface area contributed by atoms with E-state index in [1.807, 2.05) is 30.1 Å². The van der Waals surface area contributed by atoms with E-state index in [0.717, 1.165) is 24.2 Å². The lowest BCUT2D eigenvalue weighted by atomic mass is 10.2. The Bertz CT molecular complexity index is 702. The molecule has 138 valence electrons. The van der Waals surface area contributed by atoms with Gasteiger partial charge < -0.3 is 10.6 Å². The average molecular weight is 354 g/mol. The summed E-state index contributed by atoms with van der Waals surface area (Å²) in [6.07, 6.45) is 4.14. The van der Waals surface area contributed by atoms with Crippen molar-refractivity contribution in [1.82, 2.24) is 9.88 Å². The SMILES string of the molecule is CCCCC(=O)Nc1ccc(NC(=O)CN(C)Cc2ccccn2)cc1.